The van der Waals surface area contributed by atoms with Crippen molar-refractivity contribution >= 4 is 0 Å². The summed E-state index contributed by atoms with van der Waals surface area (Å²) in [6.45, 7) is 5.91. The molecule has 1 aliphatic carbocycles. The van der Waals surface area contributed by atoms with Gasteiger partial charge in [-0.2, -0.15) is 0 Å². The summed E-state index contributed by atoms with van der Waals surface area (Å²) in [5.74, 6) is 0.763. The first kappa shape index (κ1) is 12.9. The molecule has 0 aromatic heterocycles. The molecule has 3 nitrogen and oxygen atoms in total. The Morgan fingerprint density at radius 1 is 1.33 bits per heavy atom. The van der Waals surface area contributed by atoms with Crippen molar-refractivity contribution in [3.8, 4) is 0 Å². The van der Waals surface area contributed by atoms with Gasteiger partial charge in [-0.05, 0) is 45.7 Å². The Bertz CT molecular complexity index is 164. The first-order valence-electron chi connectivity index (χ1n) is 6.26. The van der Waals surface area contributed by atoms with Crippen LogP contribution in [0.5, 0.6) is 0 Å². The number of hydrogen-bond donors (Lipinski definition) is 1. The van der Waals surface area contributed by atoms with Crippen molar-refractivity contribution in [2.45, 2.75) is 38.6 Å². The fourth-order valence-electron chi connectivity index (χ4n) is 2.29. The predicted octanol–water partition coefficient (Wildman–Crippen LogP) is 1.47. The third-order valence-electron chi connectivity index (χ3n) is 3.42. The van der Waals surface area contributed by atoms with Crippen molar-refractivity contribution in [3.05, 3.63) is 0 Å². The topological polar surface area (TPSA) is 38.5 Å². The van der Waals surface area contributed by atoms with Crippen LogP contribution in [0.3, 0.4) is 0 Å². The van der Waals surface area contributed by atoms with Gasteiger partial charge in [0.25, 0.3) is 0 Å². The summed E-state index contributed by atoms with van der Waals surface area (Å²) >= 11 is 0. The third kappa shape index (κ3) is 4.96. The maximum absolute atomic E-state index is 6.04. The monoisotopic (exact) mass is 214 g/mol. The molecule has 90 valence electrons. The zero-order chi connectivity index (χ0) is 11.1. The van der Waals surface area contributed by atoms with Crippen molar-refractivity contribution in [1.29, 1.82) is 0 Å². The lowest BCUT2D eigenvalue weighted by Gasteiger charge is -2.20. The van der Waals surface area contributed by atoms with Gasteiger partial charge in [-0.1, -0.05) is 6.42 Å². The summed E-state index contributed by atoms with van der Waals surface area (Å²) < 4.78 is 5.33. The van der Waals surface area contributed by atoms with Crippen LogP contribution < -0.4 is 5.73 Å². The van der Waals surface area contributed by atoms with Crippen LogP contribution in [0.4, 0.5) is 0 Å². The molecular formula is C12H26N2O. The van der Waals surface area contributed by atoms with E-state index in [9.17, 15) is 0 Å². The van der Waals surface area contributed by atoms with Crippen molar-refractivity contribution in [1.82, 2.24) is 4.90 Å². The van der Waals surface area contributed by atoms with E-state index >= 15 is 0 Å². The predicted molar refractivity (Wildman–Crippen MR) is 63.9 cm³/mol. The molecule has 0 spiro atoms. The summed E-state index contributed by atoms with van der Waals surface area (Å²) in [6, 6.07) is 0.463. The van der Waals surface area contributed by atoms with E-state index in [4.69, 9.17) is 10.5 Å². The zero-order valence-electron chi connectivity index (χ0n) is 10.2. The maximum atomic E-state index is 6.04. The molecule has 2 N–H and O–H groups in total. The first-order chi connectivity index (χ1) is 7.24. The van der Waals surface area contributed by atoms with Gasteiger partial charge in [0.05, 0.1) is 6.61 Å². The molecule has 1 rings (SSSR count). The first-order valence-corrected chi connectivity index (χ1v) is 6.26. The second-order valence-corrected chi connectivity index (χ2v) is 4.64. The Morgan fingerprint density at radius 2 is 2.13 bits per heavy atom. The minimum absolute atomic E-state index is 0.463. The van der Waals surface area contributed by atoms with Crippen LogP contribution in [0.1, 0.15) is 32.6 Å². The summed E-state index contributed by atoms with van der Waals surface area (Å²) in [5.41, 5.74) is 6.04. The zero-order valence-corrected chi connectivity index (χ0v) is 10.2. The Labute approximate surface area is 94.0 Å². The number of ether oxygens (including phenoxy) is 1. The fraction of sp³-hybridized carbons (Fsp3) is 1.00. The summed E-state index contributed by atoms with van der Waals surface area (Å²) in [6.07, 6.45) is 5.14. The van der Waals surface area contributed by atoms with Crippen LogP contribution in [0.25, 0.3) is 0 Å². The molecule has 0 aliphatic heterocycles. The molecule has 0 aromatic rings. The summed E-state index contributed by atoms with van der Waals surface area (Å²) in [7, 11) is 2.17. The maximum Gasteiger partial charge on any atom is 0.0593 e. The van der Waals surface area contributed by atoms with E-state index in [2.05, 4.69) is 11.9 Å². The van der Waals surface area contributed by atoms with E-state index in [0.29, 0.717) is 6.04 Å². The molecule has 2 unspecified atom stereocenters. The smallest absolute Gasteiger partial charge is 0.0593 e. The summed E-state index contributed by atoms with van der Waals surface area (Å²) in [5, 5.41) is 0. The SMILES string of the molecule is CCOCCN(C)CCC1CCCC1N. The van der Waals surface area contributed by atoms with Crippen LogP contribution >= 0.6 is 0 Å². The van der Waals surface area contributed by atoms with Crippen LogP contribution in [-0.2, 0) is 4.74 Å². The van der Waals surface area contributed by atoms with Gasteiger partial charge in [-0.15, -0.1) is 0 Å². The van der Waals surface area contributed by atoms with Crippen molar-refractivity contribution < 1.29 is 4.74 Å². The summed E-state index contributed by atoms with van der Waals surface area (Å²) in [4.78, 5) is 2.35. The minimum atomic E-state index is 0.463. The number of nitrogens with zero attached hydrogens (tertiary/aromatic N) is 1. The molecule has 1 aliphatic rings. The highest BCUT2D eigenvalue weighted by atomic mass is 16.5. The van der Waals surface area contributed by atoms with Crippen molar-refractivity contribution in [2.24, 2.45) is 11.7 Å². The van der Waals surface area contributed by atoms with Gasteiger partial charge >= 0.3 is 0 Å². The standard InChI is InChI=1S/C12H26N2O/c1-3-15-10-9-14(2)8-7-11-5-4-6-12(11)13/h11-12H,3-10,13H2,1-2H3. The van der Waals surface area contributed by atoms with Crippen molar-refractivity contribution in [2.75, 3.05) is 33.4 Å². The molecule has 0 saturated heterocycles. The van der Waals surface area contributed by atoms with Crippen molar-refractivity contribution in [3.63, 3.8) is 0 Å². The van der Waals surface area contributed by atoms with Gasteiger partial charge in [-0.25, -0.2) is 0 Å². The highest BCUT2D eigenvalue weighted by molar-refractivity contribution is 4.80. The van der Waals surface area contributed by atoms with E-state index in [1.54, 1.807) is 0 Å². The molecule has 1 fully saturated rings. The molecular weight excluding hydrogens is 188 g/mol. The van der Waals surface area contributed by atoms with Gasteiger partial charge in [0.2, 0.25) is 0 Å². The Hall–Kier alpha value is -0.120. The van der Waals surface area contributed by atoms with E-state index in [-0.39, 0.29) is 0 Å². The lowest BCUT2D eigenvalue weighted by Crippen LogP contribution is -2.30. The van der Waals surface area contributed by atoms with Crippen LogP contribution in [0, 0.1) is 5.92 Å². The lowest BCUT2D eigenvalue weighted by atomic mass is 10.0. The number of hydrogen-bond acceptors (Lipinski definition) is 3. The van der Waals surface area contributed by atoms with Gasteiger partial charge < -0.3 is 15.4 Å². The van der Waals surface area contributed by atoms with E-state index < -0.39 is 0 Å². The highest BCUT2D eigenvalue weighted by Crippen LogP contribution is 2.26. The van der Waals surface area contributed by atoms with Gasteiger partial charge in [0, 0.05) is 19.2 Å². The van der Waals surface area contributed by atoms with Crippen LogP contribution in [0.2, 0.25) is 0 Å². The van der Waals surface area contributed by atoms with E-state index in [1.165, 1.54) is 25.7 Å². The van der Waals surface area contributed by atoms with E-state index in [0.717, 1.165) is 32.2 Å². The van der Waals surface area contributed by atoms with Crippen LogP contribution in [0.15, 0.2) is 0 Å². The van der Waals surface area contributed by atoms with Gasteiger partial charge in [0.15, 0.2) is 0 Å². The second kappa shape index (κ2) is 7.20. The molecule has 15 heavy (non-hydrogen) atoms. The third-order valence-corrected chi connectivity index (χ3v) is 3.42. The number of rotatable bonds is 7. The molecule has 0 amide bonds. The van der Waals surface area contributed by atoms with E-state index in [1.807, 2.05) is 6.92 Å². The molecule has 0 radical (unpaired) electrons. The van der Waals surface area contributed by atoms with Gasteiger partial charge in [-0.3, -0.25) is 0 Å². The minimum Gasteiger partial charge on any atom is -0.380 e. The molecule has 3 heteroatoms. The molecule has 1 saturated carbocycles. The molecule has 0 heterocycles. The highest BCUT2D eigenvalue weighted by Gasteiger charge is 2.23. The van der Waals surface area contributed by atoms with Crippen LogP contribution in [-0.4, -0.2) is 44.3 Å². The quantitative estimate of drug-likeness (QED) is 0.652. The van der Waals surface area contributed by atoms with Gasteiger partial charge in [0.1, 0.15) is 0 Å². The molecule has 0 bridgehead atoms. The average molecular weight is 214 g/mol. The second-order valence-electron chi connectivity index (χ2n) is 4.64. The number of likely N-dealkylation sites (N-methyl/N-ethyl adjacent to an activating group) is 1. The normalized spacial score (nSPS) is 26.4. The Balaban J connectivity index is 2.03. The fourth-order valence-corrected chi connectivity index (χ4v) is 2.29. The average Bonchev–Trinajstić information content (AvgIpc) is 2.61. The molecule has 2 atom stereocenters. The Kier molecular flexibility index (Phi) is 6.22. The number of nitrogens with two attached hydrogens (primary N) is 1. The lowest BCUT2D eigenvalue weighted by molar-refractivity contribution is 0.120. The Morgan fingerprint density at radius 3 is 2.73 bits per heavy atom. The largest absolute Gasteiger partial charge is 0.380 e. The molecule has 0 aromatic carbocycles.